The van der Waals surface area contributed by atoms with Crippen molar-refractivity contribution in [1.29, 1.82) is 0 Å². The van der Waals surface area contributed by atoms with Crippen LogP contribution in [0.1, 0.15) is 21.7 Å². The molecule has 1 aromatic heterocycles. The number of furan rings is 1. The standard InChI is InChI=1S/C15H14N2O7S/c18-15(16-9-10-25(21,22)23)12-4-1-11(2-5-12)3-6-13-7-8-14(24-13)17(19)20/h1-8H,9-10H2,(H,16,18)(H,21,22,23)/b6-3+. The van der Waals surface area contributed by atoms with Gasteiger partial charge in [-0.25, -0.2) is 0 Å². The Hall–Kier alpha value is -2.98. The number of amides is 1. The maximum absolute atomic E-state index is 11.8. The van der Waals surface area contributed by atoms with Crippen LogP contribution in [0.2, 0.25) is 0 Å². The Morgan fingerprint density at radius 2 is 1.88 bits per heavy atom. The maximum atomic E-state index is 11.8. The molecule has 0 unspecified atom stereocenters. The van der Waals surface area contributed by atoms with E-state index in [0.29, 0.717) is 11.3 Å². The molecule has 25 heavy (non-hydrogen) atoms. The summed E-state index contributed by atoms with van der Waals surface area (Å²) >= 11 is 0. The van der Waals surface area contributed by atoms with Crippen LogP contribution in [0.5, 0.6) is 0 Å². The minimum Gasteiger partial charge on any atom is -0.401 e. The monoisotopic (exact) mass is 366 g/mol. The summed E-state index contributed by atoms with van der Waals surface area (Å²) in [5, 5.41) is 12.9. The average molecular weight is 366 g/mol. The van der Waals surface area contributed by atoms with Gasteiger partial charge in [0.05, 0.1) is 11.8 Å². The first-order valence-electron chi connectivity index (χ1n) is 7.00. The lowest BCUT2D eigenvalue weighted by Gasteiger charge is -2.04. The van der Waals surface area contributed by atoms with Crippen molar-refractivity contribution in [1.82, 2.24) is 5.32 Å². The Balaban J connectivity index is 1.95. The van der Waals surface area contributed by atoms with Crippen LogP contribution >= 0.6 is 0 Å². The van der Waals surface area contributed by atoms with E-state index < -0.39 is 26.7 Å². The molecule has 2 aromatic rings. The summed E-state index contributed by atoms with van der Waals surface area (Å²) in [6.45, 7) is -0.198. The third-order valence-electron chi connectivity index (χ3n) is 3.05. The highest BCUT2D eigenvalue weighted by atomic mass is 32.2. The first-order valence-corrected chi connectivity index (χ1v) is 8.61. The van der Waals surface area contributed by atoms with Crippen molar-refractivity contribution in [3.63, 3.8) is 0 Å². The number of hydrogen-bond donors (Lipinski definition) is 2. The molecule has 10 heteroatoms. The summed E-state index contributed by atoms with van der Waals surface area (Å²) in [6.07, 6.45) is 3.21. The molecule has 2 N–H and O–H groups in total. The molecule has 0 fully saturated rings. The topological polar surface area (TPSA) is 140 Å². The van der Waals surface area contributed by atoms with Gasteiger partial charge in [-0.15, -0.1) is 0 Å². The van der Waals surface area contributed by atoms with Crippen molar-refractivity contribution in [2.24, 2.45) is 0 Å². The van der Waals surface area contributed by atoms with Crippen LogP contribution < -0.4 is 5.32 Å². The highest BCUT2D eigenvalue weighted by Crippen LogP contribution is 2.18. The third kappa shape index (κ3) is 5.86. The summed E-state index contributed by atoms with van der Waals surface area (Å²) in [5.74, 6) is -1.06. The van der Waals surface area contributed by atoms with Gasteiger partial charge in [0, 0.05) is 12.1 Å². The van der Waals surface area contributed by atoms with Gasteiger partial charge in [0.2, 0.25) is 0 Å². The van der Waals surface area contributed by atoms with E-state index >= 15 is 0 Å². The van der Waals surface area contributed by atoms with Crippen LogP contribution in [0.4, 0.5) is 5.88 Å². The molecule has 0 aliphatic heterocycles. The highest BCUT2D eigenvalue weighted by molar-refractivity contribution is 7.85. The predicted molar refractivity (Wildman–Crippen MR) is 89.5 cm³/mol. The summed E-state index contributed by atoms with van der Waals surface area (Å²) in [4.78, 5) is 21.7. The minimum absolute atomic E-state index is 0.198. The van der Waals surface area contributed by atoms with Crippen LogP contribution in [0.25, 0.3) is 12.2 Å². The lowest BCUT2D eigenvalue weighted by atomic mass is 10.1. The molecule has 9 nitrogen and oxygen atoms in total. The number of hydrogen-bond acceptors (Lipinski definition) is 6. The molecule has 1 aromatic carbocycles. The van der Waals surface area contributed by atoms with Crippen molar-refractivity contribution in [2.75, 3.05) is 12.3 Å². The molecule has 1 amide bonds. The molecule has 2 rings (SSSR count). The van der Waals surface area contributed by atoms with Gasteiger partial charge in [0.25, 0.3) is 16.0 Å². The predicted octanol–water partition coefficient (Wildman–Crippen LogP) is 1.98. The van der Waals surface area contributed by atoms with Crippen molar-refractivity contribution in [2.45, 2.75) is 0 Å². The number of carbonyl (C=O) groups excluding carboxylic acids is 1. The molecule has 1 heterocycles. The van der Waals surface area contributed by atoms with E-state index in [1.807, 2.05) is 0 Å². The number of rotatable bonds is 7. The Labute approximate surface area is 142 Å². The summed E-state index contributed by atoms with van der Waals surface area (Å²) in [6, 6.07) is 9.07. The molecule has 0 spiro atoms. The number of nitrogens with zero attached hydrogens (tertiary/aromatic N) is 1. The second-order valence-corrected chi connectivity index (χ2v) is 6.50. The van der Waals surface area contributed by atoms with Gasteiger partial charge >= 0.3 is 5.88 Å². The number of benzene rings is 1. The molecule has 0 aliphatic carbocycles. The molecule has 0 atom stereocenters. The second kappa shape index (κ2) is 7.73. The second-order valence-electron chi connectivity index (χ2n) is 4.93. The zero-order valence-corrected chi connectivity index (χ0v) is 13.6. The number of nitrogens with one attached hydrogen (secondary N) is 1. The van der Waals surface area contributed by atoms with Crippen LogP contribution in [0.15, 0.2) is 40.8 Å². The summed E-state index contributed by atoms with van der Waals surface area (Å²) in [5.41, 5.74) is 1.05. The summed E-state index contributed by atoms with van der Waals surface area (Å²) < 4.78 is 34.7. The molecular weight excluding hydrogens is 352 g/mol. The van der Waals surface area contributed by atoms with Crippen molar-refractivity contribution in [3.05, 3.63) is 63.4 Å². The van der Waals surface area contributed by atoms with Gasteiger partial charge in [-0.05, 0) is 29.8 Å². The van der Waals surface area contributed by atoms with E-state index in [2.05, 4.69) is 5.32 Å². The van der Waals surface area contributed by atoms with Gasteiger partial charge in [0.1, 0.15) is 10.7 Å². The smallest absolute Gasteiger partial charge is 0.401 e. The van der Waals surface area contributed by atoms with Crippen molar-refractivity contribution in [3.8, 4) is 0 Å². The third-order valence-corrected chi connectivity index (χ3v) is 3.77. The van der Waals surface area contributed by atoms with Gasteiger partial charge in [-0.2, -0.15) is 8.42 Å². The Morgan fingerprint density at radius 3 is 2.44 bits per heavy atom. The van der Waals surface area contributed by atoms with Crippen molar-refractivity contribution < 1.29 is 27.1 Å². The normalized spacial score (nSPS) is 11.6. The fourth-order valence-electron chi connectivity index (χ4n) is 1.85. The first kappa shape index (κ1) is 18.4. The Morgan fingerprint density at radius 1 is 1.20 bits per heavy atom. The molecular formula is C15H14N2O7S. The van der Waals surface area contributed by atoms with E-state index in [-0.39, 0.29) is 12.4 Å². The van der Waals surface area contributed by atoms with Crippen LogP contribution in [0, 0.1) is 10.1 Å². The lowest BCUT2D eigenvalue weighted by Crippen LogP contribution is -2.28. The molecule has 0 bridgehead atoms. The number of nitro groups is 1. The SMILES string of the molecule is O=C(NCCS(=O)(=O)O)c1ccc(/C=C/c2ccc([N+](=O)[O-])o2)cc1. The Bertz CT molecular complexity index is 898. The molecule has 0 aliphatic rings. The van der Waals surface area contributed by atoms with Gasteiger partial charge < -0.3 is 9.73 Å². The fourth-order valence-corrected chi connectivity index (χ4v) is 2.21. The molecule has 0 radical (unpaired) electrons. The van der Waals surface area contributed by atoms with E-state index in [0.717, 1.165) is 5.56 Å². The van der Waals surface area contributed by atoms with E-state index in [4.69, 9.17) is 8.97 Å². The van der Waals surface area contributed by atoms with Gasteiger partial charge in [-0.1, -0.05) is 18.2 Å². The Kier molecular flexibility index (Phi) is 5.67. The fraction of sp³-hybridized carbons (Fsp3) is 0.133. The average Bonchev–Trinajstić information content (AvgIpc) is 3.01. The zero-order chi connectivity index (χ0) is 18.4. The molecule has 0 saturated carbocycles. The van der Waals surface area contributed by atoms with E-state index in [1.54, 1.807) is 24.3 Å². The molecule has 132 valence electrons. The number of carbonyl (C=O) groups is 1. The van der Waals surface area contributed by atoms with E-state index in [9.17, 15) is 23.3 Å². The minimum atomic E-state index is -4.12. The quantitative estimate of drug-likeness (QED) is 0.434. The van der Waals surface area contributed by atoms with Gasteiger partial charge in [-0.3, -0.25) is 19.5 Å². The van der Waals surface area contributed by atoms with Gasteiger partial charge in [0.15, 0.2) is 0 Å². The van der Waals surface area contributed by atoms with Crippen LogP contribution in [0.3, 0.4) is 0 Å². The zero-order valence-electron chi connectivity index (χ0n) is 12.8. The molecule has 0 saturated heterocycles. The largest absolute Gasteiger partial charge is 0.433 e. The first-order chi connectivity index (χ1) is 11.7. The maximum Gasteiger partial charge on any atom is 0.433 e. The lowest BCUT2D eigenvalue weighted by molar-refractivity contribution is -0.402. The van der Waals surface area contributed by atoms with E-state index in [1.165, 1.54) is 24.3 Å². The summed E-state index contributed by atoms with van der Waals surface area (Å²) in [7, 11) is -4.12. The van der Waals surface area contributed by atoms with Crippen molar-refractivity contribution >= 4 is 34.1 Å². The van der Waals surface area contributed by atoms with Crippen LogP contribution in [-0.4, -0.2) is 36.1 Å². The van der Waals surface area contributed by atoms with Crippen LogP contribution in [-0.2, 0) is 10.1 Å². The highest BCUT2D eigenvalue weighted by Gasteiger charge is 2.10.